The molecule has 1 N–H and O–H groups in total. The molecule has 1 aliphatic heterocycles. The van der Waals surface area contributed by atoms with E-state index in [9.17, 15) is 4.79 Å². The molecule has 0 spiro atoms. The fourth-order valence-electron chi connectivity index (χ4n) is 4.00. The van der Waals surface area contributed by atoms with E-state index in [-0.39, 0.29) is 11.8 Å². The molecule has 1 fully saturated rings. The lowest BCUT2D eigenvalue weighted by Crippen LogP contribution is -2.40. The molecular weight excluding hydrogens is 380 g/mol. The third-order valence-corrected chi connectivity index (χ3v) is 5.46. The number of nitrogens with zero attached hydrogens (tertiary/aromatic N) is 5. The molecule has 1 saturated heterocycles. The third kappa shape index (κ3) is 3.95. The summed E-state index contributed by atoms with van der Waals surface area (Å²) in [5, 5.41) is 15.4. The first-order chi connectivity index (χ1) is 14.7. The van der Waals surface area contributed by atoms with E-state index in [2.05, 4.69) is 37.9 Å². The first-order valence-corrected chi connectivity index (χ1v) is 10.1. The normalized spacial score (nSPS) is 17.3. The lowest BCUT2D eigenvalue weighted by Gasteiger charge is -2.31. The highest BCUT2D eigenvalue weighted by Crippen LogP contribution is 2.24. The summed E-state index contributed by atoms with van der Waals surface area (Å²) in [5.41, 5.74) is 2.44. The number of rotatable bonds is 5. The maximum absolute atomic E-state index is 12.9. The Bertz CT molecular complexity index is 1120. The first-order valence-electron chi connectivity index (χ1n) is 10.1. The van der Waals surface area contributed by atoms with Crippen molar-refractivity contribution in [1.29, 1.82) is 0 Å². The summed E-state index contributed by atoms with van der Waals surface area (Å²) in [6, 6.07) is 17.6. The van der Waals surface area contributed by atoms with Gasteiger partial charge in [-0.05, 0) is 60.1 Å². The molecule has 1 unspecified atom stereocenters. The molecule has 3 heterocycles. The van der Waals surface area contributed by atoms with Crippen molar-refractivity contribution in [3.8, 4) is 5.69 Å². The van der Waals surface area contributed by atoms with Gasteiger partial charge in [0.05, 0.1) is 18.2 Å². The van der Waals surface area contributed by atoms with Crippen molar-refractivity contribution in [2.75, 3.05) is 18.4 Å². The number of furan rings is 1. The van der Waals surface area contributed by atoms with Crippen LogP contribution in [0.2, 0.25) is 0 Å². The monoisotopic (exact) mass is 402 g/mol. The summed E-state index contributed by atoms with van der Waals surface area (Å²) in [6.07, 6.45) is 3.40. The van der Waals surface area contributed by atoms with Gasteiger partial charge in [0.1, 0.15) is 17.7 Å². The highest BCUT2D eigenvalue weighted by atomic mass is 16.3. The van der Waals surface area contributed by atoms with Crippen LogP contribution < -0.4 is 5.32 Å². The molecule has 8 heteroatoms. The average Bonchev–Trinajstić information content (AvgIpc) is 3.44. The van der Waals surface area contributed by atoms with Gasteiger partial charge >= 0.3 is 0 Å². The Morgan fingerprint density at radius 1 is 1.17 bits per heavy atom. The number of fused-ring (bicyclic) bond motifs is 1. The number of aromatic nitrogens is 4. The zero-order chi connectivity index (χ0) is 20.3. The summed E-state index contributed by atoms with van der Waals surface area (Å²) >= 11 is 0. The topological polar surface area (TPSA) is 89.1 Å². The quantitative estimate of drug-likeness (QED) is 0.551. The number of likely N-dealkylation sites (tertiary alicyclic amines) is 1. The van der Waals surface area contributed by atoms with Crippen LogP contribution in [0.5, 0.6) is 0 Å². The zero-order valence-electron chi connectivity index (χ0n) is 16.4. The summed E-state index contributed by atoms with van der Waals surface area (Å²) in [7, 11) is 0. The molecular formula is C22H22N6O2. The number of tetrazole rings is 1. The number of para-hydroxylation sites is 1. The van der Waals surface area contributed by atoms with Crippen molar-refractivity contribution in [2.24, 2.45) is 5.92 Å². The van der Waals surface area contributed by atoms with Crippen molar-refractivity contribution < 1.29 is 9.21 Å². The van der Waals surface area contributed by atoms with E-state index in [1.165, 1.54) is 6.33 Å². The molecule has 0 radical (unpaired) electrons. The molecule has 1 amide bonds. The zero-order valence-corrected chi connectivity index (χ0v) is 16.4. The van der Waals surface area contributed by atoms with E-state index in [0.717, 1.165) is 54.0 Å². The van der Waals surface area contributed by atoms with E-state index in [1.807, 2.05) is 42.5 Å². The predicted octanol–water partition coefficient (Wildman–Crippen LogP) is 3.26. The molecule has 2 aromatic heterocycles. The average molecular weight is 402 g/mol. The van der Waals surface area contributed by atoms with Gasteiger partial charge in [0.2, 0.25) is 5.91 Å². The van der Waals surface area contributed by atoms with E-state index >= 15 is 0 Å². The van der Waals surface area contributed by atoms with Crippen molar-refractivity contribution in [2.45, 2.75) is 19.4 Å². The maximum Gasteiger partial charge on any atom is 0.228 e. The SMILES string of the molecule is O=C(Nc1cccc(-n2cnnn2)c1)C1CCCN(Cc2cc3ccccc3o2)C1. The van der Waals surface area contributed by atoms with Gasteiger partial charge in [0.15, 0.2) is 0 Å². The van der Waals surface area contributed by atoms with Gasteiger partial charge < -0.3 is 9.73 Å². The van der Waals surface area contributed by atoms with Crippen LogP contribution in [0.1, 0.15) is 18.6 Å². The third-order valence-electron chi connectivity index (χ3n) is 5.46. The molecule has 1 aliphatic rings. The van der Waals surface area contributed by atoms with Crippen LogP contribution in [-0.2, 0) is 11.3 Å². The molecule has 4 aromatic rings. The Hall–Kier alpha value is -3.52. The van der Waals surface area contributed by atoms with Crippen LogP contribution >= 0.6 is 0 Å². The van der Waals surface area contributed by atoms with Crippen LogP contribution in [0.25, 0.3) is 16.7 Å². The molecule has 0 aliphatic carbocycles. The fourth-order valence-corrected chi connectivity index (χ4v) is 4.00. The number of hydrogen-bond acceptors (Lipinski definition) is 6. The van der Waals surface area contributed by atoms with Crippen LogP contribution in [0.4, 0.5) is 5.69 Å². The first kappa shape index (κ1) is 18.5. The Kier molecular flexibility index (Phi) is 4.98. The molecule has 30 heavy (non-hydrogen) atoms. The number of carbonyl (C=O) groups is 1. The Morgan fingerprint density at radius 3 is 2.97 bits per heavy atom. The van der Waals surface area contributed by atoms with Crippen LogP contribution in [0.3, 0.4) is 0 Å². The molecule has 1 atom stereocenters. The second-order valence-corrected chi connectivity index (χ2v) is 7.62. The number of anilines is 1. The number of amides is 1. The van der Waals surface area contributed by atoms with E-state index in [0.29, 0.717) is 6.54 Å². The number of carbonyl (C=O) groups excluding carboxylic acids is 1. The van der Waals surface area contributed by atoms with Gasteiger partial charge in [-0.15, -0.1) is 5.10 Å². The number of benzene rings is 2. The summed E-state index contributed by atoms with van der Waals surface area (Å²) < 4.78 is 7.51. The smallest absolute Gasteiger partial charge is 0.228 e. The van der Waals surface area contributed by atoms with Crippen molar-refractivity contribution >= 4 is 22.6 Å². The molecule has 2 aromatic carbocycles. The Morgan fingerprint density at radius 2 is 2.10 bits per heavy atom. The van der Waals surface area contributed by atoms with Crippen LogP contribution in [0, 0.1) is 5.92 Å². The van der Waals surface area contributed by atoms with Crippen molar-refractivity contribution in [3.05, 3.63) is 66.7 Å². The van der Waals surface area contributed by atoms with Gasteiger partial charge in [0.25, 0.3) is 0 Å². The van der Waals surface area contributed by atoms with E-state index in [4.69, 9.17) is 4.42 Å². The minimum atomic E-state index is -0.0557. The number of nitrogens with one attached hydrogen (secondary N) is 1. The number of hydrogen-bond donors (Lipinski definition) is 1. The second kappa shape index (κ2) is 8.08. The summed E-state index contributed by atoms with van der Waals surface area (Å²) in [4.78, 5) is 15.2. The lowest BCUT2D eigenvalue weighted by atomic mass is 9.97. The Balaban J connectivity index is 1.23. The highest BCUT2D eigenvalue weighted by molar-refractivity contribution is 5.93. The molecule has 0 saturated carbocycles. The van der Waals surface area contributed by atoms with Gasteiger partial charge in [-0.1, -0.05) is 24.3 Å². The van der Waals surface area contributed by atoms with Crippen LogP contribution in [-0.4, -0.2) is 44.1 Å². The summed E-state index contributed by atoms with van der Waals surface area (Å²) in [5.74, 6) is 0.921. The van der Waals surface area contributed by atoms with E-state index in [1.54, 1.807) is 4.68 Å². The number of piperidine rings is 1. The molecule has 0 bridgehead atoms. The minimum absolute atomic E-state index is 0.0400. The van der Waals surface area contributed by atoms with Crippen LogP contribution in [0.15, 0.2) is 65.3 Å². The fraction of sp³-hybridized carbons (Fsp3) is 0.273. The van der Waals surface area contributed by atoms with E-state index < -0.39 is 0 Å². The standard InChI is InChI=1S/C22H22N6O2/c29-22(24-18-7-3-8-19(12-18)28-15-23-25-26-28)17-6-4-10-27(13-17)14-20-11-16-5-1-2-9-21(16)30-20/h1-3,5,7-9,11-12,15,17H,4,6,10,13-14H2,(H,24,29). The Labute approximate surface area is 173 Å². The molecule has 152 valence electrons. The van der Waals surface area contributed by atoms with Gasteiger partial charge in [-0.3, -0.25) is 9.69 Å². The molecule has 8 nitrogen and oxygen atoms in total. The minimum Gasteiger partial charge on any atom is -0.460 e. The lowest BCUT2D eigenvalue weighted by molar-refractivity contribution is -0.121. The van der Waals surface area contributed by atoms with Crippen molar-refractivity contribution in [1.82, 2.24) is 25.1 Å². The van der Waals surface area contributed by atoms with Gasteiger partial charge in [-0.2, -0.15) is 0 Å². The second-order valence-electron chi connectivity index (χ2n) is 7.62. The molecule has 5 rings (SSSR count). The van der Waals surface area contributed by atoms with Crippen molar-refractivity contribution in [3.63, 3.8) is 0 Å². The largest absolute Gasteiger partial charge is 0.460 e. The maximum atomic E-state index is 12.9. The van der Waals surface area contributed by atoms with Gasteiger partial charge in [0, 0.05) is 17.6 Å². The summed E-state index contributed by atoms with van der Waals surface area (Å²) in [6.45, 7) is 2.40. The highest BCUT2D eigenvalue weighted by Gasteiger charge is 2.26. The van der Waals surface area contributed by atoms with Gasteiger partial charge in [-0.25, -0.2) is 4.68 Å². The predicted molar refractivity (Wildman–Crippen MR) is 112 cm³/mol.